The van der Waals surface area contributed by atoms with E-state index in [-0.39, 0.29) is 25.3 Å². The van der Waals surface area contributed by atoms with Gasteiger partial charge in [0.15, 0.2) is 0 Å². The number of ether oxygens (including phenoxy) is 2. The fraction of sp³-hybridized carbons (Fsp3) is 0.357. The minimum absolute atomic E-state index is 0.0835. The Balaban J connectivity index is 1.87. The normalized spacial score (nSPS) is 12.2. The molecule has 2 rings (SSSR count). The highest BCUT2D eigenvalue weighted by molar-refractivity contribution is 5.91. The largest absolute Gasteiger partial charge is 0.460 e. The smallest absolute Gasteiger partial charge is 0.331 e. The van der Waals surface area contributed by atoms with Gasteiger partial charge in [-0.25, -0.2) is 19.2 Å². The van der Waals surface area contributed by atoms with Gasteiger partial charge in [0, 0.05) is 25.2 Å². The maximum atomic E-state index is 12.2. The molecule has 10 heteroatoms. The van der Waals surface area contributed by atoms with Crippen LogP contribution in [0.25, 0.3) is 0 Å². The number of benzene rings is 2. The molecule has 4 amide bonds. The Morgan fingerprint density at radius 2 is 1.03 bits per heavy atom. The van der Waals surface area contributed by atoms with Crippen molar-refractivity contribution in [1.82, 2.24) is 21.3 Å². The summed E-state index contributed by atoms with van der Waals surface area (Å²) in [6.45, 7) is 4.35. The van der Waals surface area contributed by atoms with Crippen molar-refractivity contribution >= 4 is 24.0 Å². The van der Waals surface area contributed by atoms with Crippen LogP contribution < -0.4 is 21.3 Å². The van der Waals surface area contributed by atoms with Crippen LogP contribution in [0.15, 0.2) is 72.8 Å². The van der Waals surface area contributed by atoms with E-state index in [1.165, 1.54) is 0 Å². The van der Waals surface area contributed by atoms with E-state index >= 15 is 0 Å². The van der Waals surface area contributed by atoms with Gasteiger partial charge in [-0.3, -0.25) is 0 Å². The Morgan fingerprint density at radius 3 is 1.37 bits per heavy atom. The molecule has 204 valence electrons. The fourth-order valence-electron chi connectivity index (χ4n) is 3.49. The van der Waals surface area contributed by atoms with E-state index in [0.717, 1.165) is 23.3 Å². The molecule has 0 heterocycles. The summed E-state index contributed by atoms with van der Waals surface area (Å²) in [6.07, 6.45) is 2.85. The standard InChI is InChI=1S/C28H36N4O6/c1-3-29-27(35)31-23(17-21-11-7-5-8-12-21)19-37-25(33)15-16-26(34)38-20-24(32-28(36)30-4-2)18-22-13-9-6-10-14-22/h5-16,23-24H,3-4,17-20H2,1-2H3,(H2,29,31,35)(H2,30,32,36)/b16-15+/t23-,24-/m0/s1. The van der Waals surface area contributed by atoms with Crippen molar-refractivity contribution in [1.29, 1.82) is 0 Å². The lowest BCUT2D eigenvalue weighted by molar-refractivity contribution is -0.141. The lowest BCUT2D eigenvalue weighted by atomic mass is 10.1. The average Bonchev–Trinajstić information content (AvgIpc) is 2.90. The van der Waals surface area contributed by atoms with Crippen LogP contribution >= 0.6 is 0 Å². The molecule has 2 aromatic rings. The van der Waals surface area contributed by atoms with E-state index < -0.39 is 24.0 Å². The molecule has 0 spiro atoms. The van der Waals surface area contributed by atoms with Gasteiger partial charge in [0.1, 0.15) is 13.2 Å². The van der Waals surface area contributed by atoms with Crippen molar-refractivity contribution in [3.8, 4) is 0 Å². The average molecular weight is 525 g/mol. The van der Waals surface area contributed by atoms with Gasteiger partial charge in [0.25, 0.3) is 0 Å². The topological polar surface area (TPSA) is 135 Å². The summed E-state index contributed by atoms with van der Waals surface area (Å²) in [6, 6.07) is 17.3. The van der Waals surface area contributed by atoms with Crippen LogP contribution in [0.1, 0.15) is 25.0 Å². The fourth-order valence-corrected chi connectivity index (χ4v) is 3.49. The Morgan fingerprint density at radius 1 is 0.658 bits per heavy atom. The quantitative estimate of drug-likeness (QED) is 0.222. The third-order valence-corrected chi connectivity index (χ3v) is 5.20. The van der Waals surface area contributed by atoms with Crippen molar-refractivity contribution in [3.63, 3.8) is 0 Å². The predicted molar refractivity (Wildman–Crippen MR) is 143 cm³/mol. The van der Waals surface area contributed by atoms with Gasteiger partial charge in [-0.2, -0.15) is 0 Å². The first-order valence-corrected chi connectivity index (χ1v) is 12.6. The zero-order valence-corrected chi connectivity index (χ0v) is 21.8. The van der Waals surface area contributed by atoms with Crippen LogP contribution in [-0.2, 0) is 31.9 Å². The molecule has 0 aliphatic carbocycles. The molecule has 0 unspecified atom stereocenters. The summed E-state index contributed by atoms with van der Waals surface area (Å²) in [5.41, 5.74) is 1.94. The Hall–Kier alpha value is -4.34. The molecule has 0 radical (unpaired) electrons. The number of hydrogen-bond donors (Lipinski definition) is 4. The summed E-state index contributed by atoms with van der Waals surface area (Å²) >= 11 is 0. The number of carbonyl (C=O) groups is 4. The second-order valence-electron chi connectivity index (χ2n) is 8.37. The highest BCUT2D eigenvalue weighted by Gasteiger charge is 2.16. The molecular weight excluding hydrogens is 488 g/mol. The van der Waals surface area contributed by atoms with E-state index in [2.05, 4.69) is 21.3 Å². The van der Waals surface area contributed by atoms with Crippen molar-refractivity contribution in [2.24, 2.45) is 0 Å². The first-order valence-electron chi connectivity index (χ1n) is 12.6. The number of nitrogens with one attached hydrogen (secondary N) is 4. The van der Waals surface area contributed by atoms with Crippen LogP contribution in [-0.4, -0.2) is 62.4 Å². The van der Waals surface area contributed by atoms with E-state index in [4.69, 9.17) is 9.47 Å². The third-order valence-electron chi connectivity index (χ3n) is 5.20. The molecular formula is C28H36N4O6. The van der Waals surface area contributed by atoms with Crippen molar-refractivity contribution in [3.05, 3.63) is 83.9 Å². The molecule has 0 saturated carbocycles. The summed E-state index contributed by atoms with van der Waals surface area (Å²) in [4.78, 5) is 48.4. The van der Waals surface area contributed by atoms with E-state index in [9.17, 15) is 19.2 Å². The number of urea groups is 2. The van der Waals surface area contributed by atoms with Crippen LogP contribution in [0.3, 0.4) is 0 Å². The van der Waals surface area contributed by atoms with E-state index in [1.807, 2.05) is 60.7 Å². The van der Waals surface area contributed by atoms with E-state index in [0.29, 0.717) is 25.9 Å². The number of esters is 2. The lowest BCUT2D eigenvalue weighted by Crippen LogP contribution is -2.45. The number of carbonyl (C=O) groups excluding carboxylic acids is 4. The zero-order valence-electron chi connectivity index (χ0n) is 21.8. The van der Waals surface area contributed by atoms with E-state index in [1.54, 1.807) is 13.8 Å². The highest BCUT2D eigenvalue weighted by atomic mass is 16.5. The predicted octanol–water partition coefficient (Wildman–Crippen LogP) is 2.49. The van der Waals surface area contributed by atoms with Gasteiger partial charge in [-0.1, -0.05) is 60.7 Å². The molecule has 0 aliphatic rings. The SMILES string of the molecule is CCNC(=O)N[C@H](COC(=O)/C=C/C(=O)OC[C@H](Cc1ccccc1)NC(=O)NCC)Cc1ccccc1. The van der Waals surface area contributed by atoms with Gasteiger partial charge < -0.3 is 30.7 Å². The second kappa shape index (κ2) is 17.2. The molecule has 2 aromatic carbocycles. The third kappa shape index (κ3) is 12.6. The van der Waals surface area contributed by atoms with Crippen molar-refractivity contribution in [2.75, 3.05) is 26.3 Å². The molecule has 0 fully saturated rings. The summed E-state index contributed by atoms with van der Waals surface area (Å²) in [5, 5.41) is 10.9. The maximum absolute atomic E-state index is 12.2. The lowest BCUT2D eigenvalue weighted by Gasteiger charge is -2.19. The van der Waals surface area contributed by atoms with Gasteiger partial charge in [-0.15, -0.1) is 0 Å². The molecule has 0 saturated heterocycles. The highest BCUT2D eigenvalue weighted by Crippen LogP contribution is 2.06. The molecule has 0 bridgehead atoms. The van der Waals surface area contributed by atoms with Gasteiger partial charge in [0.05, 0.1) is 12.1 Å². The first kappa shape index (κ1) is 29.9. The summed E-state index contributed by atoms with van der Waals surface area (Å²) in [7, 11) is 0. The summed E-state index contributed by atoms with van der Waals surface area (Å²) < 4.78 is 10.5. The Kier molecular flexibility index (Phi) is 13.5. The maximum Gasteiger partial charge on any atom is 0.331 e. The van der Waals surface area contributed by atoms with Crippen molar-refractivity contribution in [2.45, 2.75) is 38.8 Å². The molecule has 4 N–H and O–H groups in total. The molecule has 38 heavy (non-hydrogen) atoms. The van der Waals surface area contributed by atoms with Crippen LogP contribution in [0.4, 0.5) is 9.59 Å². The van der Waals surface area contributed by atoms with Gasteiger partial charge in [-0.05, 0) is 37.8 Å². The second-order valence-corrected chi connectivity index (χ2v) is 8.37. The molecule has 0 aromatic heterocycles. The number of rotatable bonds is 14. The number of amides is 4. The Labute approximate surface area is 223 Å². The van der Waals surface area contributed by atoms with Crippen LogP contribution in [0.5, 0.6) is 0 Å². The number of hydrogen-bond acceptors (Lipinski definition) is 6. The first-order chi connectivity index (χ1) is 18.4. The summed E-state index contributed by atoms with van der Waals surface area (Å²) in [5.74, 6) is -1.50. The molecule has 10 nitrogen and oxygen atoms in total. The van der Waals surface area contributed by atoms with Crippen LogP contribution in [0, 0.1) is 0 Å². The van der Waals surface area contributed by atoms with Crippen LogP contribution in [0.2, 0.25) is 0 Å². The monoisotopic (exact) mass is 524 g/mol. The molecule has 2 atom stereocenters. The van der Waals surface area contributed by atoms with Gasteiger partial charge in [0.2, 0.25) is 0 Å². The Bertz CT molecular complexity index is 962. The van der Waals surface area contributed by atoms with Gasteiger partial charge >= 0.3 is 24.0 Å². The minimum atomic E-state index is -0.751. The zero-order chi connectivity index (χ0) is 27.6. The van der Waals surface area contributed by atoms with Crippen molar-refractivity contribution < 1.29 is 28.7 Å². The molecule has 0 aliphatic heterocycles. The minimum Gasteiger partial charge on any atom is -0.460 e.